The first-order chi connectivity index (χ1) is 19.0. The molecule has 14 nitrogen and oxygen atoms in total. The van der Waals surface area contributed by atoms with Gasteiger partial charge in [-0.1, -0.05) is 0 Å². The molecule has 0 amide bonds. The second-order valence-corrected chi connectivity index (χ2v) is 9.65. The van der Waals surface area contributed by atoms with Crippen LogP contribution in [0.5, 0.6) is 17.2 Å². The Morgan fingerprint density at radius 1 is 0.975 bits per heavy atom. The van der Waals surface area contributed by atoms with E-state index in [0.717, 1.165) is 6.07 Å². The molecule has 3 aromatic rings. The van der Waals surface area contributed by atoms with Gasteiger partial charge in [-0.05, 0) is 24.3 Å². The summed E-state index contributed by atoms with van der Waals surface area (Å²) in [5.74, 6) is -0.496. The maximum Gasteiger partial charge on any atom is 0.229 e. The van der Waals surface area contributed by atoms with Crippen LogP contribution in [0.2, 0.25) is 0 Å². The third-order valence-corrected chi connectivity index (χ3v) is 6.88. The van der Waals surface area contributed by atoms with E-state index < -0.39 is 79.7 Å². The minimum absolute atomic E-state index is 0.00882. The molecule has 0 aliphatic carbocycles. The number of ether oxygens (including phenoxy) is 4. The number of hydrogen-bond acceptors (Lipinski definition) is 14. The summed E-state index contributed by atoms with van der Waals surface area (Å²) in [5.41, 5.74) is -2.22. The quantitative estimate of drug-likeness (QED) is 0.164. The number of aliphatic hydroxyl groups excluding tert-OH is 5. The minimum atomic E-state index is -2.04. The lowest BCUT2D eigenvalue weighted by molar-refractivity contribution is -0.318. The Hall–Kier alpha value is -3.31. The number of aromatic hydroxyl groups is 2. The summed E-state index contributed by atoms with van der Waals surface area (Å²) in [6.07, 6.45) is -11.2. The largest absolute Gasteiger partial charge is 0.508 e. The fourth-order valence-corrected chi connectivity index (χ4v) is 4.57. The first-order valence-electron chi connectivity index (χ1n) is 12.2. The van der Waals surface area contributed by atoms with Crippen LogP contribution in [0, 0.1) is 0 Å². The van der Waals surface area contributed by atoms with Gasteiger partial charge in [-0.25, -0.2) is 0 Å². The number of rotatable bonds is 7. The topological polar surface area (TPSA) is 229 Å². The Morgan fingerprint density at radius 3 is 2.35 bits per heavy atom. The van der Waals surface area contributed by atoms with Crippen LogP contribution in [0.4, 0.5) is 0 Å². The molecule has 1 aromatic heterocycles. The van der Waals surface area contributed by atoms with E-state index in [9.17, 15) is 45.6 Å². The zero-order valence-electron chi connectivity index (χ0n) is 20.7. The Labute approximate surface area is 225 Å². The molecule has 2 aliphatic heterocycles. The normalized spacial score (nSPS) is 32.4. The molecule has 216 valence electrons. The van der Waals surface area contributed by atoms with E-state index in [1.807, 2.05) is 0 Å². The van der Waals surface area contributed by atoms with E-state index in [4.69, 9.17) is 23.4 Å². The smallest absolute Gasteiger partial charge is 0.229 e. The van der Waals surface area contributed by atoms with Crippen molar-refractivity contribution in [3.8, 4) is 28.6 Å². The van der Waals surface area contributed by atoms with Crippen molar-refractivity contribution in [2.45, 2.75) is 48.7 Å². The number of phenolic OH excluding ortho intramolecular Hbond substituents is 2. The molecule has 0 radical (unpaired) electrons. The Balaban J connectivity index is 1.47. The summed E-state index contributed by atoms with van der Waals surface area (Å²) >= 11 is 0. The monoisotopic (exact) mass is 564 g/mol. The number of benzene rings is 2. The number of aliphatic hydroxyl groups is 6. The number of phenols is 2. The van der Waals surface area contributed by atoms with Crippen molar-refractivity contribution in [1.82, 2.24) is 0 Å². The molecule has 14 heteroatoms. The maximum atomic E-state index is 12.8. The molecule has 2 saturated heterocycles. The molecular weight excluding hydrogens is 536 g/mol. The van der Waals surface area contributed by atoms with Crippen LogP contribution in [0.25, 0.3) is 22.3 Å². The van der Waals surface area contributed by atoms with Crippen molar-refractivity contribution < 1.29 is 64.2 Å². The lowest BCUT2D eigenvalue weighted by Gasteiger charge is -2.42. The van der Waals surface area contributed by atoms with Gasteiger partial charge in [0, 0.05) is 23.8 Å². The van der Waals surface area contributed by atoms with Crippen molar-refractivity contribution >= 4 is 11.0 Å². The van der Waals surface area contributed by atoms with Gasteiger partial charge in [0.05, 0.1) is 19.8 Å². The molecule has 0 saturated carbocycles. The van der Waals surface area contributed by atoms with Crippen LogP contribution in [0.3, 0.4) is 0 Å². The molecule has 0 unspecified atom stereocenters. The van der Waals surface area contributed by atoms with Gasteiger partial charge in [-0.3, -0.25) is 4.79 Å². The highest BCUT2D eigenvalue weighted by molar-refractivity contribution is 5.86. The molecule has 8 atom stereocenters. The second-order valence-electron chi connectivity index (χ2n) is 9.65. The molecule has 3 heterocycles. The van der Waals surface area contributed by atoms with Crippen molar-refractivity contribution in [2.75, 3.05) is 19.8 Å². The minimum Gasteiger partial charge on any atom is -0.508 e. The first-order valence-corrected chi connectivity index (χ1v) is 12.2. The molecule has 2 aliphatic rings. The van der Waals surface area contributed by atoms with E-state index in [0.29, 0.717) is 5.56 Å². The molecule has 5 rings (SSSR count). The maximum absolute atomic E-state index is 12.8. The van der Waals surface area contributed by atoms with Gasteiger partial charge in [0.1, 0.15) is 64.0 Å². The average Bonchev–Trinajstić information content (AvgIpc) is 3.21. The molecule has 0 spiro atoms. The molecular formula is C26H28O14. The fraction of sp³-hybridized carbons (Fsp3) is 0.423. The Morgan fingerprint density at radius 2 is 1.70 bits per heavy atom. The van der Waals surface area contributed by atoms with Gasteiger partial charge in [0.25, 0.3) is 0 Å². The van der Waals surface area contributed by atoms with E-state index in [-0.39, 0.29) is 28.2 Å². The SMILES string of the molecule is O=c1cc(-c2ccc(O)cc2)oc2cc(O[C@@H]3O[C@H](CO)[C@@H](O)[C@@H](O)[C@@H]3O[C@@H]3OC[C@@](O)(CO)[C@@H]3O)cc(O)c12. The van der Waals surface area contributed by atoms with Crippen LogP contribution in [0.1, 0.15) is 0 Å². The highest BCUT2D eigenvalue weighted by atomic mass is 16.8. The van der Waals surface area contributed by atoms with Gasteiger partial charge < -0.3 is 64.2 Å². The van der Waals surface area contributed by atoms with Crippen LogP contribution in [-0.4, -0.2) is 109 Å². The molecule has 8 N–H and O–H groups in total. The zero-order chi connectivity index (χ0) is 28.8. The highest BCUT2D eigenvalue weighted by Crippen LogP contribution is 2.35. The summed E-state index contributed by atoms with van der Waals surface area (Å²) < 4.78 is 28.0. The van der Waals surface area contributed by atoms with Crippen LogP contribution < -0.4 is 10.2 Å². The average molecular weight is 564 g/mol. The van der Waals surface area contributed by atoms with Crippen LogP contribution >= 0.6 is 0 Å². The Bertz CT molecular complexity index is 1410. The number of hydrogen-bond donors (Lipinski definition) is 8. The fourth-order valence-electron chi connectivity index (χ4n) is 4.57. The van der Waals surface area contributed by atoms with Crippen molar-refractivity contribution in [3.05, 3.63) is 52.7 Å². The third-order valence-electron chi connectivity index (χ3n) is 6.88. The second kappa shape index (κ2) is 10.9. The summed E-state index contributed by atoms with van der Waals surface area (Å²) in [6.45, 7) is -2.06. The van der Waals surface area contributed by atoms with E-state index in [2.05, 4.69) is 0 Å². The van der Waals surface area contributed by atoms with Crippen molar-refractivity contribution in [3.63, 3.8) is 0 Å². The van der Waals surface area contributed by atoms with Gasteiger partial charge in [-0.15, -0.1) is 0 Å². The summed E-state index contributed by atoms with van der Waals surface area (Å²) in [7, 11) is 0. The lowest BCUT2D eigenvalue weighted by Crippen LogP contribution is -2.62. The van der Waals surface area contributed by atoms with Gasteiger partial charge in [0.15, 0.2) is 17.8 Å². The van der Waals surface area contributed by atoms with Crippen LogP contribution in [0.15, 0.2) is 51.7 Å². The number of fused-ring (bicyclic) bond motifs is 1. The van der Waals surface area contributed by atoms with E-state index in [1.165, 1.54) is 36.4 Å². The standard InChI is InChI=1S/C26H28O14/c27-8-18-20(32)21(33)22(40-25-23(34)26(35,9-28)10-36-25)24(39-18)37-13-5-14(30)19-15(31)7-16(38-17(19)6-13)11-1-3-12(29)4-2-11/h1-7,18,20-25,27-30,32-35H,8-10H2/t18-,20-,21-,22+,23-,24-,25+,26+/m1/s1. The van der Waals surface area contributed by atoms with E-state index in [1.54, 1.807) is 0 Å². The molecule has 2 aromatic carbocycles. The van der Waals surface area contributed by atoms with Crippen molar-refractivity contribution in [2.24, 2.45) is 0 Å². The Kier molecular flexibility index (Phi) is 7.71. The van der Waals surface area contributed by atoms with Crippen molar-refractivity contribution in [1.29, 1.82) is 0 Å². The summed E-state index contributed by atoms with van der Waals surface area (Å²) in [5, 5.41) is 80.7. The van der Waals surface area contributed by atoms with Gasteiger partial charge in [0.2, 0.25) is 6.29 Å². The molecule has 2 fully saturated rings. The third kappa shape index (κ3) is 5.12. The summed E-state index contributed by atoms with van der Waals surface area (Å²) in [4.78, 5) is 12.8. The predicted octanol–water partition coefficient (Wildman–Crippen LogP) is -1.49. The molecule has 40 heavy (non-hydrogen) atoms. The van der Waals surface area contributed by atoms with Gasteiger partial charge >= 0.3 is 0 Å². The lowest BCUT2D eigenvalue weighted by atomic mass is 9.98. The first kappa shape index (κ1) is 28.2. The zero-order valence-corrected chi connectivity index (χ0v) is 20.7. The summed E-state index contributed by atoms with van der Waals surface area (Å²) in [6, 6.07) is 9.37. The van der Waals surface area contributed by atoms with Crippen LogP contribution in [-0.2, 0) is 14.2 Å². The van der Waals surface area contributed by atoms with Gasteiger partial charge in [-0.2, -0.15) is 0 Å². The highest BCUT2D eigenvalue weighted by Gasteiger charge is 2.53. The van der Waals surface area contributed by atoms with E-state index >= 15 is 0 Å². The molecule has 0 bridgehead atoms. The predicted molar refractivity (Wildman–Crippen MR) is 132 cm³/mol.